The molecule has 2 heterocycles. The van der Waals surface area contributed by atoms with Gasteiger partial charge in [0.05, 0.1) is 6.61 Å². The molecule has 8 nitrogen and oxygen atoms in total. The number of nitrogens with two attached hydrogens (primary N) is 1. The zero-order valence-corrected chi connectivity index (χ0v) is 10.3. The van der Waals surface area contributed by atoms with E-state index in [1.165, 1.54) is 0 Å². The third kappa shape index (κ3) is 2.48. The smallest absolute Gasteiger partial charge is 0.241 e. The van der Waals surface area contributed by atoms with E-state index >= 15 is 0 Å². The minimum atomic E-state index is -0.0173. The number of hydrogen-bond donors (Lipinski definition) is 3. The molecular formula is C11H15N7O. The molecule has 19 heavy (non-hydrogen) atoms. The van der Waals surface area contributed by atoms with Crippen molar-refractivity contribution in [2.24, 2.45) is 5.41 Å². The van der Waals surface area contributed by atoms with Crippen molar-refractivity contribution in [2.75, 3.05) is 24.2 Å². The summed E-state index contributed by atoms with van der Waals surface area (Å²) in [6, 6.07) is 0. The first-order valence-corrected chi connectivity index (χ1v) is 6.05. The Morgan fingerprint density at radius 1 is 1.37 bits per heavy atom. The highest BCUT2D eigenvalue weighted by Gasteiger charge is 2.41. The maximum Gasteiger partial charge on any atom is 0.241 e. The molecule has 0 atom stereocenters. The van der Waals surface area contributed by atoms with Gasteiger partial charge in [-0.3, -0.25) is 4.57 Å². The number of aliphatic hydroxyl groups is 1. The van der Waals surface area contributed by atoms with Crippen LogP contribution in [0.5, 0.6) is 0 Å². The maximum atomic E-state index is 9.26. The molecule has 0 spiro atoms. The van der Waals surface area contributed by atoms with Gasteiger partial charge in [0.15, 0.2) is 0 Å². The molecule has 2 aromatic rings. The molecule has 4 N–H and O–H groups in total. The van der Waals surface area contributed by atoms with Gasteiger partial charge in [0.1, 0.15) is 6.33 Å². The number of anilines is 2. The van der Waals surface area contributed by atoms with E-state index in [0.29, 0.717) is 18.4 Å². The van der Waals surface area contributed by atoms with Gasteiger partial charge < -0.3 is 16.2 Å². The number of nitrogens with zero attached hydrogens (tertiary/aromatic N) is 5. The van der Waals surface area contributed by atoms with E-state index in [9.17, 15) is 5.11 Å². The van der Waals surface area contributed by atoms with Crippen molar-refractivity contribution in [1.82, 2.24) is 24.5 Å². The summed E-state index contributed by atoms with van der Waals surface area (Å²) in [5, 5.41) is 12.4. The highest BCUT2D eigenvalue weighted by molar-refractivity contribution is 5.35. The lowest BCUT2D eigenvalue weighted by Gasteiger charge is -2.13. The van der Waals surface area contributed by atoms with Crippen LogP contribution in [-0.4, -0.2) is 42.8 Å². The van der Waals surface area contributed by atoms with Crippen LogP contribution in [0.3, 0.4) is 0 Å². The fraction of sp³-hybridized carbons (Fsp3) is 0.455. The Labute approximate surface area is 109 Å². The molecule has 1 saturated carbocycles. The standard InChI is InChI=1S/C11H15N7O/c12-8-15-9(14-5-11(6-19)1-2-11)17-10(16-8)18-4-3-13-7-18/h3-4,7,19H,1-2,5-6H2,(H3,12,14,15,16,17). The molecule has 100 valence electrons. The van der Waals surface area contributed by atoms with Crippen LogP contribution in [0.2, 0.25) is 0 Å². The normalized spacial score (nSPS) is 16.3. The lowest BCUT2D eigenvalue weighted by atomic mass is 10.1. The van der Waals surface area contributed by atoms with Crippen molar-refractivity contribution in [3.8, 4) is 5.95 Å². The van der Waals surface area contributed by atoms with Crippen LogP contribution < -0.4 is 11.1 Å². The Bertz CT molecular complexity index is 564. The highest BCUT2D eigenvalue weighted by atomic mass is 16.3. The van der Waals surface area contributed by atoms with Crippen LogP contribution in [0.1, 0.15) is 12.8 Å². The lowest BCUT2D eigenvalue weighted by Crippen LogP contribution is -2.21. The van der Waals surface area contributed by atoms with Crippen LogP contribution in [0.4, 0.5) is 11.9 Å². The predicted molar refractivity (Wildman–Crippen MR) is 68.6 cm³/mol. The van der Waals surface area contributed by atoms with Gasteiger partial charge in [-0.25, -0.2) is 4.98 Å². The Morgan fingerprint density at radius 2 is 2.21 bits per heavy atom. The Kier molecular flexibility index (Phi) is 2.79. The lowest BCUT2D eigenvalue weighted by molar-refractivity contribution is 0.219. The molecule has 3 rings (SSSR count). The number of nitrogen functional groups attached to an aromatic ring is 1. The van der Waals surface area contributed by atoms with Crippen molar-refractivity contribution in [2.45, 2.75) is 12.8 Å². The van der Waals surface area contributed by atoms with Crippen LogP contribution in [0, 0.1) is 5.41 Å². The van der Waals surface area contributed by atoms with E-state index in [1.807, 2.05) is 0 Å². The second-order valence-corrected chi connectivity index (χ2v) is 4.80. The number of nitrogens with one attached hydrogen (secondary N) is 1. The average molecular weight is 261 g/mol. The molecule has 0 aromatic carbocycles. The first-order chi connectivity index (χ1) is 9.21. The summed E-state index contributed by atoms with van der Waals surface area (Å²) in [6.45, 7) is 0.811. The molecule has 2 aromatic heterocycles. The number of rotatable bonds is 5. The van der Waals surface area contributed by atoms with Gasteiger partial charge in [-0.1, -0.05) is 0 Å². The fourth-order valence-electron chi connectivity index (χ4n) is 1.79. The molecule has 8 heteroatoms. The van der Waals surface area contributed by atoms with Crippen molar-refractivity contribution >= 4 is 11.9 Å². The van der Waals surface area contributed by atoms with Crippen molar-refractivity contribution in [3.05, 3.63) is 18.7 Å². The Morgan fingerprint density at radius 3 is 2.84 bits per heavy atom. The van der Waals surface area contributed by atoms with E-state index in [4.69, 9.17) is 5.73 Å². The van der Waals surface area contributed by atoms with E-state index in [0.717, 1.165) is 12.8 Å². The van der Waals surface area contributed by atoms with Crippen molar-refractivity contribution < 1.29 is 5.11 Å². The summed E-state index contributed by atoms with van der Waals surface area (Å²) < 4.78 is 1.65. The molecular weight excluding hydrogens is 246 g/mol. The van der Waals surface area contributed by atoms with Gasteiger partial charge in [0.2, 0.25) is 17.8 Å². The number of aromatic nitrogens is 5. The second kappa shape index (κ2) is 4.47. The Hall–Kier alpha value is -2.22. The van der Waals surface area contributed by atoms with Crippen molar-refractivity contribution in [1.29, 1.82) is 0 Å². The van der Waals surface area contributed by atoms with E-state index in [1.54, 1.807) is 23.3 Å². The van der Waals surface area contributed by atoms with Gasteiger partial charge in [-0.15, -0.1) is 0 Å². The number of imidazole rings is 1. The fourth-order valence-corrected chi connectivity index (χ4v) is 1.79. The van der Waals surface area contributed by atoms with Gasteiger partial charge in [-0.2, -0.15) is 15.0 Å². The van der Waals surface area contributed by atoms with Crippen LogP contribution in [0.15, 0.2) is 18.7 Å². The summed E-state index contributed by atoms with van der Waals surface area (Å²) in [5.41, 5.74) is 5.65. The minimum Gasteiger partial charge on any atom is -0.396 e. The van der Waals surface area contributed by atoms with E-state index < -0.39 is 0 Å². The molecule has 0 aliphatic heterocycles. The first kappa shape index (κ1) is 11.8. The summed E-state index contributed by atoms with van der Waals surface area (Å²) in [7, 11) is 0. The summed E-state index contributed by atoms with van der Waals surface area (Å²) in [6.07, 6.45) is 7.00. The molecule has 0 bridgehead atoms. The minimum absolute atomic E-state index is 0.0173. The molecule has 0 amide bonds. The zero-order valence-electron chi connectivity index (χ0n) is 10.3. The number of aliphatic hydroxyl groups excluding tert-OH is 1. The van der Waals surface area contributed by atoms with Gasteiger partial charge >= 0.3 is 0 Å². The third-order valence-electron chi connectivity index (χ3n) is 3.29. The van der Waals surface area contributed by atoms with Crippen LogP contribution in [0.25, 0.3) is 5.95 Å². The van der Waals surface area contributed by atoms with Crippen molar-refractivity contribution in [3.63, 3.8) is 0 Å². The molecule has 1 aliphatic carbocycles. The monoisotopic (exact) mass is 261 g/mol. The summed E-state index contributed by atoms with van der Waals surface area (Å²) in [5.74, 6) is 0.979. The van der Waals surface area contributed by atoms with Gasteiger partial charge in [0.25, 0.3) is 0 Å². The second-order valence-electron chi connectivity index (χ2n) is 4.80. The topological polar surface area (TPSA) is 115 Å². The van der Waals surface area contributed by atoms with Crippen LogP contribution in [-0.2, 0) is 0 Å². The predicted octanol–water partition coefficient (Wildman–Crippen LogP) is -0.176. The highest BCUT2D eigenvalue weighted by Crippen LogP contribution is 2.44. The van der Waals surface area contributed by atoms with Gasteiger partial charge in [0, 0.05) is 24.4 Å². The quantitative estimate of drug-likeness (QED) is 0.684. The first-order valence-electron chi connectivity index (χ1n) is 6.05. The van der Waals surface area contributed by atoms with E-state index in [-0.39, 0.29) is 18.0 Å². The number of hydrogen-bond acceptors (Lipinski definition) is 7. The summed E-state index contributed by atoms with van der Waals surface area (Å²) >= 11 is 0. The largest absolute Gasteiger partial charge is 0.396 e. The van der Waals surface area contributed by atoms with Gasteiger partial charge in [-0.05, 0) is 12.8 Å². The average Bonchev–Trinajstić information content (AvgIpc) is 2.98. The zero-order chi connectivity index (χ0) is 13.3. The Balaban J connectivity index is 1.78. The molecule has 1 aliphatic rings. The maximum absolute atomic E-state index is 9.26. The van der Waals surface area contributed by atoms with E-state index in [2.05, 4.69) is 25.3 Å². The van der Waals surface area contributed by atoms with Crippen LogP contribution >= 0.6 is 0 Å². The third-order valence-corrected chi connectivity index (χ3v) is 3.29. The summed E-state index contributed by atoms with van der Waals surface area (Å²) in [4.78, 5) is 16.3. The molecule has 0 radical (unpaired) electrons. The molecule has 1 fully saturated rings. The molecule has 0 saturated heterocycles. The SMILES string of the molecule is Nc1nc(NCC2(CO)CC2)nc(-n2ccnc2)n1. The molecule has 0 unspecified atom stereocenters.